The minimum absolute atomic E-state index is 0.248. The molecule has 1 aliphatic heterocycles. The third-order valence-electron chi connectivity index (χ3n) is 3.09. The molecule has 0 saturated carbocycles. The lowest BCUT2D eigenvalue weighted by molar-refractivity contribution is -0.228. The van der Waals surface area contributed by atoms with E-state index in [1.807, 2.05) is 11.8 Å². The summed E-state index contributed by atoms with van der Waals surface area (Å²) >= 11 is 0. The normalized spacial score (nSPS) is 20.3. The fourth-order valence-electron chi connectivity index (χ4n) is 1.96. The molecule has 1 heterocycles. The van der Waals surface area contributed by atoms with Gasteiger partial charge in [0, 0.05) is 46.6 Å². The fourth-order valence-corrected chi connectivity index (χ4v) is 1.96. The van der Waals surface area contributed by atoms with Gasteiger partial charge in [-0.25, -0.2) is 0 Å². The van der Waals surface area contributed by atoms with Crippen LogP contribution >= 0.6 is 0 Å². The van der Waals surface area contributed by atoms with E-state index in [2.05, 4.69) is 0 Å². The lowest BCUT2D eigenvalue weighted by Crippen LogP contribution is -2.48. The maximum absolute atomic E-state index is 11.6. The molecule has 1 rings (SSSR count). The van der Waals surface area contributed by atoms with Gasteiger partial charge in [0.1, 0.15) is 0 Å². The monoisotopic (exact) mass is 215 g/mol. The molecule has 1 aliphatic rings. The first-order valence-corrected chi connectivity index (χ1v) is 5.55. The zero-order chi connectivity index (χ0) is 11.3. The van der Waals surface area contributed by atoms with Crippen LogP contribution in [0.4, 0.5) is 0 Å². The molecule has 4 nitrogen and oxygen atoms in total. The van der Waals surface area contributed by atoms with Crippen LogP contribution in [0.2, 0.25) is 0 Å². The Morgan fingerprint density at radius 3 is 2.20 bits per heavy atom. The second kappa shape index (κ2) is 5.47. The molecule has 1 fully saturated rings. The molecule has 0 unspecified atom stereocenters. The number of methoxy groups -OCH3 is 2. The zero-order valence-corrected chi connectivity index (χ0v) is 9.91. The Morgan fingerprint density at radius 2 is 1.80 bits per heavy atom. The first kappa shape index (κ1) is 12.5. The van der Waals surface area contributed by atoms with Crippen molar-refractivity contribution in [3.63, 3.8) is 0 Å². The molecule has 0 aliphatic carbocycles. The van der Waals surface area contributed by atoms with Gasteiger partial charge in [-0.2, -0.15) is 0 Å². The Hall–Kier alpha value is -0.610. The molecule has 0 aromatic heterocycles. The minimum atomic E-state index is -0.469. The second-order valence-electron chi connectivity index (χ2n) is 3.95. The van der Waals surface area contributed by atoms with Gasteiger partial charge in [0.05, 0.1) is 0 Å². The average Bonchev–Trinajstić information content (AvgIpc) is 2.29. The Bertz CT molecular complexity index is 204. The Labute approximate surface area is 91.5 Å². The summed E-state index contributed by atoms with van der Waals surface area (Å²) in [5.41, 5.74) is 0. The highest BCUT2D eigenvalue weighted by Gasteiger charge is 2.35. The molecule has 0 atom stereocenters. The van der Waals surface area contributed by atoms with Crippen molar-refractivity contribution < 1.29 is 14.3 Å². The van der Waals surface area contributed by atoms with Gasteiger partial charge < -0.3 is 14.4 Å². The number of hydrogen-bond donors (Lipinski definition) is 0. The summed E-state index contributed by atoms with van der Waals surface area (Å²) in [5.74, 6) is -0.221. The molecule has 0 spiro atoms. The molecule has 0 N–H and O–H groups in total. The van der Waals surface area contributed by atoms with Crippen molar-refractivity contribution in [2.75, 3.05) is 27.3 Å². The molecule has 0 radical (unpaired) electrons. The van der Waals surface area contributed by atoms with Crippen LogP contribution in [0.5, 0.6) is 0 Å². The smallest absolute Gasteiger partial charge is 0.222 e. The van der Waals surface area contributed by atoms with E-state index in [0.29, 0.717) is 6.42 Å². The van der Waals surface area contributed by atoms with E-state index in [0.717, 1.165) is 32.4 Å². The minimum Gasteiger partial charge on any atom is -0.353 e. The molecule has 0 aromatic carbocycles. The molecule has 1 amide bonds. The number of nitrogens with zero attached hydrogens (tertiary/aromatic N) is 1. The SMILES string of the molecule is CCCC(=O)N1CCC(OC)(OC)CC1. The van der Waals surface area contributed by atoms with Gasteiger partial charge in [-0.05, 0) is 6.42 Å². The van der Waals surface area contributed by atoms with E-state index < -0.39 is 5.79 Å². The maximum Gasteiger partial charge on any atom is 0.222 e. The van der Waals surface area contributed by atoms with E-state index in [4.69, 9.17) is 9.47 Å². The van der Waals surface area contributed by atoms with Gasteiger partial charge in [-0.3, -0.25) is 4.79 Å². The average molecular weight is 215 g/mol. The van der Waals surface area contributed by atoms with Crippen LogP contribution in [-0.4, -0.2) is 43.9 Å². The molecule has 0 bridgehead atoms. The van der Waals surface area contributed by atoms with E-state index in [9.17, 15) is 4.79 Å². The van der Waals surface area contributed by atoms with E-state index in [-0.39, 0.29) is 5.91 Å². The first-order valence-electron chi connectivity index (χ1n) is 5.55. The molecular weight excluding hydrogens is 194 g/mol. The maximum atomic E-state index is 11.6. The molecule has 88 valence electrons. The summed E-state index contributed by atoms with van der Waals surface area (Å²) in [4.78, 5) is 13.5. The molecular formula is C11H21NO3. The van der Waals surface area contributed by atoms with Gasteiger partial charge >= 0.3 is 0 Å². The third-order valence-corrected chi connectivity index (χ3v) is 3.09. The summed E-state index contributed by atoms with van der Waals surface area (Å²) in [6, 6.07) is 0. The summed E-state index contributed by atoms with van der Waals surface area (Å²) in [7, 11) is 3.32. The van der Waals surface area contributed by atoms with Gasteiger partial charge in [-0.1, -0.05) is 6.92 Å². The van der Waals surface area contributed by atoms with Crippen LogP contribution in [0.15, 0.2) is 0 Å². The summed E-state index contributed by atoms with van der Waals surface area (Å²) in [5, 5.41) is 0. The van der Waals surface area contributed by atoms with E-state index in [1.54, 1.807) is 14.2 Å². The van der Waals surface area contributed by atoms with Crippen molar-refractivity contribution in [2.45, 2.75) is 38.4 Å². The van der Waals surface area contributed by atoms with Crippen molar-refractivity contribution in [3.05, 3.63) is 0 Å². The Morgan fingerprint density at radius 1 is 1.27 bits per heavy atom. The lowest BCUT2D eigenvalue weighted by Gasteiger charge is -2.39. The Kier molecular flexibility index (Phi) is 4.54. The second-order valence-corrected chi connectivity index (χ2v) is 3.95. The lowest BCUT2D eigenvalue weighted by atomic mass is 10.0. The summed E-state index contributed by atoms with van der Waals surface area (Å²) in [6.07, 6.45) is 3.08. The largest absolute Gasteiger partial charge is 0.353 e. The van der Waals surface area contributed by atoms with E-state index in [1.165, 1.54) is 0 Å². The van der Waals surface area contributed by atoms with Crippen LogP contribution in [0, 0.1) is 0 Å². The standard InChI is InChI=1S/C11H21NO3/c1-4-5-10(13)12-8-6-11(14-2,15-3)7-9-12/h4-9H2,1-3H3. The van der Waals surface area contributed by atoms with Crippen LogP contribution in [0.3, 0.4) is 0 Å². The zero-order valence-electron chi connectivity index (χ0n) is 9.91. The highest BCUT2D eigenvalue weighted by Crippen LogP contribution is 2.26. The van der Waals surface area contributed by atoms with Crippen LogP contribution < -0.4 is 0 Å². The van der Waals surface area contributed by atoms with Crippen molar-refractivity contribution in [3.8, 4) is 0 Å². The number of amides is 1. The van der Waals surface area contributed by atoms with Crippen LogP contribution in [-0.2, 0) is 14.3 Å². The number of rotatable bonds is 4. The molecule has 4 heteroatoms. The predicted octanol–water partition coefficient (Wildman–Crippen LogP) is 1.40. The summed E-state index contributed by atoms with van der Waals surface area (Å²) < 4.78 is 10.7. The quantitative estimate of drug-likeness (QED) is 0.665. The van der Waals surface area contributed by atoms with Crippen molar-refractivity contribution in [1.82, 2.24) is 4.90 Å². The molecule has 1 saturated heterocycles. The van der Waals surface area contributed by atoms with Gasteiger partial charge in [-0.15, -0.1) is 0 Å². The number of ether oxygens (including phenoxy) is 2. The van der Waals surface area contributed by atoms with Gasteiger partial charge in [0.2, 0.25) is 5.91 Å². The topological polar surface area (TPSA) is 38.8 Å². The van der Waals surface area contributed by atoms with Crippen LogP contribution in [0.25, 0.3) is 0 Å². The molecule has 0 aromatic rings. The number of likely N-dealkylation sites (tertiary alicyclic amines) is 1. The number of carbonyl (C=O) groups excluding carboxylic acids is 1. The van der Waals surface area contributed by atoms with Gasteiger partial charge in [0.15, 0.2) is 5.79 Å². The number of carbonyl (C=O) groups is 1. The van der Waals surface area contributed by atoms with Crippen molar-refractivity contribution >= 4 is 5.91 Å². The third kappa shape index (κ3) is 2.92. The summed E-state index contributed by atoms with van der Waals surface area (Å²) in [6.45, 7) is 3.50. The van der Waals surface area contributed by atoms with Crippen molar-refractivity contribution in [1.29, 1.82) is 0 Å². The number of hydrogen-bond acceptors (Lipinski definition) is 3. The van der Waals surface area contributed by atoms with E-state index >= 15 is 0 Å². The Balaban J connectivity index is 2.44. The van der Waals surface area contributed by atoms with Gasteiger partial charge in [0.25, 0.3) is 0 Å². The molecule has 15 heavy (non-hydrogen) atoms. The predicted molar refractivity (Wildman–Crippen MR) is 57.5 cm³/mol. The van der Waals surface area contributed by atoms with Crippen LogP contribution in [0.1, 0.15) is 32.6 Å². The fraction of sp³-hybridized carbons (Fsp3) is 0.909. The highest BCUT2D eigenvalue weighted by atomic mass is 16.7. The highest BCUT2D eigenvalue weighted by molar-refractivity contribution is 5.76. The van der Waals surface area contributed by atoms with Crippen molar-refractivity contribution in [2.24, 2.45) is 0 Å². The number of piperidine rings is 1. The first-order chi connectivity index (χ1) is 7.17.